The SMILES string of the molecule is C[C@@H]1C[C@H](OC[C@H](S)C[NH+]2CC[NH+](Cc3ccccc3)CC2)CC(C)(C)C1. The number of piperazine rings is 1. The van der Waals surface area contributed by atoms with Gasteiger partial charge in [0.2, 0.25) is 0 Å². The summed E-state index contributed by atoms with van der Waals surface area (Å²) < 4.78 is 6.30. The van der Waals surface area contributed by atoms with Crippen LogP contribution in [0.15, 0.2) is 30.3 Å². The third-order valence-corrected chi connectivity index (χ3v) is 6.69. The summed E-state index contributed by atoms with van der Waals surface area (Å²) in [5.74, 6) is 0.781. The van der Waals surface area contributed by atoms with E-state index in [-0.39, 0.29) is 0 Å². The predicted molar refractivity (Wildman–Crippen MR) is 116 cm³/mol. The summed E-state index contributed by atoms with van der Waals surface area (Å²) >= 11 is 4.86. The molecule has 3 nitrogen and oxygen atoms in total. The molecule has 0 unspecified atom stereocenters. The van der Waals surface area contributed by atoms with E-state index >= 15 is 0 Å². The van der Waals surface area contributed by atoms with Gasteiger partial charge in [-0.2, -0.15) is 12.6 Å². The summed E-state index contributed by atoms with van der Waals surface area (Å²) in [4.78, 5) is 3.42. The Morgan fingerprint density at radius 3 is 2.41 bits per heavy atom. The summed E-state index contributed by atoms with van der Waals surface area (Å²) in [6, 6.07) is 10.9. The summed E-state index contributed by atoms with van der Waals surface area (Å²) in [5.41, 5.74) is 1.89. The van der Waals surface area contributed by atoms with Crippen molar-refractivity contribution < 1.29 is 14.5 Å². The molecule has 3 atom stereocenters. The van der Waals surface area contributed by atoms with E-state index in [0.29, 0.717) is 16.8 Å². The lowest BCUT2D eigenvalue weighted by Gasteiger charge is -2.39. The minimum atomic E-state index is 0.357. The molecule has 1 saturated heterocycles. The third-order valence-electron chi connectivity index (χ3n) is 6.36. The summed E-state index contributed by atoms with van der Waals surface area (Å²) in [7, 11) is 0. The third kappa shape index (κ3) is 7.08. The molecule has 3 rings (SSSR count). The Morgan fingerprint density at radius 1 is 1.07 bits per heavy atom. The van der Waals surface area contributed by atoms with Crippen LogP contribution in [0.1, 0.15) is 45.6 Å². The lowest BCUT2D eigenvalue weighted by atomic mass is 9.71. The van der Waals surface area contributed by atoms with Gasteiger partial charge < -0.3 is 14.5 Å². The quantitative estimate of drug-likeness (QED) is 0.600. The maximum atomic E-state index is 6.30. The zero-order chi connectivity index (χ0) is 19.3. The molecule has 1 aromatic rings. The number of thiol groups is 1. The average molecular weight is 393 g/mol. The highest BCUT2D eigenvalue weighted by molar-refractivity contribution is 7.81. The highest BCUT2D eigenvalue weighted by atomic mass is 32.1. The van der Waals surface area contributed by atoms with Crippen molar-refractivity contribution >= 4 is 12.6 Å². The second-order valence-corrected chi connectivity index (χ2v) is 10.6. The van der Waals surface area contributed by atoms with E-state index < -0.39 is 0 Å². The molecule has 27 heavy (non-hydrogen) atoms. The average Bonchev–Trinajstić information content (AvgIpc) is 2.61. The number of ether oxygens (including phenoxy) is 1. The van der Waals surface area contributed by atoms with E-state index in [9.17, 15) is 0 Å². The second kappa shape index (κ2) is 9.78. The van der Waals surface area contributed by atoms with E-state index in [2.05, 4.69) is 51.1 Å². The normalized spacial score (nSPS) is 32.1. The molecule has 0 amide bonds. The molecule has 4 heteroatoms. The minimum absolute atomic E-state index is 0.357. The van der Waals surface area contributed by atoms with Crippen LogP contribution in [0.3, 0.4) is 0 Å². The highest BCUT2D eigenvalue weighted by Crippen LogP contribution is 2.39. The van der Waals surface area contributed by atoms with Gasteiger partial charge >= 0.3 is 0 Å². The maximum absolute atomic E-state index is 6.30. The van der Waals surface area contributed by atoms with Crippen LogP contribution in [0.25, 0.3) is 0 Å². The first-order valence-corrected chi connectivity index (χ1v) is 11.4. The lowest BCUT2D eigenvalue weighted by molar-refractivity contribution is -1.02. The van der Waals surface area contributed by atoms with Gasteiger partial charge in [0.05, 0.1) is 24.5 Å². The Hall–Kier alpha value is -0.550. The van der Waals surface area contributed by atoms with Crippen LogP contribution in [-0.4, -0.2) is 50.7 Å². The zero-order valence-electron chi connectivity index (χ0n) is 17.5. The van der Waals surface area contributed by atoms with Gasteiger partial charge in [-0.15, -0.1) is 0 Å². The number of benzene rings is 1. The van der Waals surface area contributed by atoms with Crippen molar-refractivity contribution in [1.29, 1.82) is 0 Å². The molecule has 2 fully saturated rings. The topological polar surface area (TPSA) is 18.1 Å². The molecule has 0 bridgehead atoms. The van der Waals surface area contributed by atoms with Gasteiger partial charge in [-0.3, -0.25) is 0 Å². The number of hydrogen-bond donors (Lipinski definition) is 3. The molecule has 1 aromatic carbocycles. The molecule has 0 radical (unpaired) electrons. The molecular weight excluding hydrogens is 352 g/mol. The molecule has 152 valence electrons. The van der Waals surface area contributed by atoms with Crippen molar-refractivity contribution in [3.8, 4) is 0 Å². The second-order valence-electron chi connectivity index (χ2n) is 9.89. The Morgan fingerprint density at radius 2 is 1.74 bits per heavy atom. The fourth-order valence-corrected chi connectivity index (χ4v) is 5.59. The van der Waals surface area contributed by atoms with Gasteiger partial charge in [0.25, 0.3) is 0 Å². The van der Waals surface area contributed by atoms with Crippen molar-refractivity contribution in [1.82, 2.24) is 0 Å². The molecule has 0 spiro atoms. The first kappa shape index (κ1) is 21.2. The molecule has 0 aromatic heterocycles. The van der Waals surface area contributed by atoms with Crippen LogP contribution in [0, 0.1) is 11.3 Å². The number of quaternary nitrogens is 2. The van der Waals surface area contributed by atoms with E-state index in [1.54, 1.807) is 9.80 Å². The van der Waals surface area contributed by atoms with Gasteiger partial charge in [-0.25, -0.2) is 0 Å². The van der Waals surface area contributed by atoms with Gasteiger partial charge in [-0.05, 0) is 30.6 Å². The van der Waals surface area contributed by atoms with Crippen molar-refractivity contribution in [3.05, 3.63) is 35.9 Å². The monoisotopic (exact) mass is 392 g/mol. The van der Waals surface area contributed by atoms with Crippen LogP contribution < -0.4 is 9.80 Å². The van der Waals surface area contributed by atoms with Crippen molar-refractivity contribution in [2.45, 2.75) is 57.9 Å². The van der Waals surface area contributed by atoms with E-state index in [1.807, 2.05) is 0 Å². The molecule has 1 heterocycles. The number of hydrogen-bond acceptors (Lipinski definition) is 2. The van der Waals surface area contributed by atoms with Crippen LogP contribution in [0.2, 0.25) is 0 Å². The van der Waals surface area contributed by atoms with Crippen LogP contribution in [-0.2, 0) is 11.3 Å². The molecule has 1 aliphatic carbocycles. The summed E-state index contributed by atoms with van der Waals surface area (Å²) in [6.45, 7) is 15.3. The van der Waals surface area contributed by atoms with Crippen molar-refractivity contribution in [3.63, 3.8) is 0 Å². The predicted octanol–water partition coefficient (Wildman–Crippen LogP) is 1.50. The summed E-state index contributed by atoms with van der Waals surface area (Å²) in [5, 5.41) is 0.357. The fraction of sp³-hybridized carbons (Fsp3) is 0.739. The lowest BCUT2D eigenvalue weighted by Crippen LogP contribution is -3.28. The Kier molecular flexibility index (Phi) is 7.66. The molecule has 1 saturated carbocycles. The smallest absolute Gasteiger partial charge is 0.127 e. The van der Waals surface area contributed by atoms with E-state index in [1.165, 1.54) is 51.0 Å². The summed E-state index contributed by atoms with van der Waals surface area (Å²) in [6.07, 6.45) is 4.18. The maximum Gasteiger partial charge on any atom is 0.127 e. The van der Waals surface area contributed by atoms with Crippen LogP contribution in [0.5, 0.6) is 0 Å². The van der Waals surface area contributed by atoms with Crippen molar-refractivity contribution in [2.24, 2.45) is 11.3 Å². The first-order chi connectivity index (χ1) is 12.9. The zero-order valence-corrected chi connectivity index (χ0v) is 18.4. The van der Waals surface area contributed by atoms with E-state index in [0.717, 1.165) is 25.6 Å². The first-order valence-electron chi connectivity index (χ1n) is 10.9. The Balaban J connectivity index is 1.34. The Bertz CT molecular complexity index is 557. The molecular formula is C23H40N2OS+2. The van der Waals surface area contributed by atoms with Gasteiger partial charge in [-0.1, -0.05) is 51.1 Å². The Labute approximate surface area is 171 Å². The molecule has 2 aliphatic rings. The van der Waals surface area contributed by atoms with Crippen molar-refractivity contribution in [2.75, 3.05) is 39.3 Å². The highest BCUT2D eigenvalue weighted by Gasteiger charge is 2.33. The molecule has 1 aliphatic heterocycles. The van der Waals surface area contributed by atoms with Crippen LogP contribution >= 0.6 is 12.6 Å². The van der Waals surface area contributed by atoms with Crippen LogP contribution in [0.4, 0.5) is 0 Å². The van der Waals surface area contributed by atoms with Gasteiger partial charge in [0, 0.05) is 5.56 Å². The molecule has 2 N–H and O–H groups in total. The largest absolute Gasteiger partial charge is 0.377 e. The number of rotatable bonds is 7. The number of nitrogens with one attached hydrogen (secondary N) is 2. The van der Waals surface area contributed by atoms with Gasteiger partial charge in [0.15, 0.2) is 0 Å². The van der Waals surface area contributed by atoms with Gasteiger partial charge in [0.1, 0.15) is 32.7 Å². The minimum Gasteiger partial charge on any atom is -0.377 e. The standard InChI is InChI=1S/C23H38N2OS/c1-19-13-21(15-23(2,3)14-19)26-18-22(27)17-25-11-9-24(10-12-25)16-20-7-5-4-6-8-20/h4-8,19,21-22,27H,9-18H2,1-3H3/p+2/t19-,21+,22-/m1/s1. The fourth-order valence-electron chi connectivity index (χ4n) is 5.25. The van der Waals surface area contributed by atoms with E-state index in [4.69, 9.17) is 17.4 Å².